The zero-order chi connectivity index (χ0) is 27.2. The van der Waals surface area contributed by atoms with Crippen LogP contribution in [0.2, 0.25) is 0 Å². The van der Waals surface area contributed by atoms with Gasteiger partial charge < -0.3 is 29.6 Å². The number of amides is 1. The average Bonchev–Trinajstić information content (AvgIpc) is 2.93. The molecule has 0 aliphatic heterocycles. The van der Waals surface area contributed by atoms with E-state index < -0.39 is 17.6 Å². The zero-order valence-corrected chi connectivity index (χ0v) is 22.2. The lowest BCUT2D eigenvalue weighted by Crippen LogP contribution is -2.45. The van der Waals surface area contributed by atoms with Crippen molar-refractivity contribution in [3.05, 3.63) is 53.6 Å². The minimum atomic E-state index is -0.661. The predicted molar refractivity (Wildman–Crippen MR) is 140 cm³/mol. The summed E-state index contributed by atoms with van der Waals surface area (Å²) < 4.78 is 21.5. The lowest BCUT2D eigenvalue weighted by Gasteiger charge is -2.25. The molecular weight excluding hydrogens is 476 g/mol. The van der Waals surface area contributed by atoms with Crippen LogP contribution in [0.15, 0.2) is 42.5 Å². The standard InChI is InChI=1S/C28H38N2O7/c1-5-10-22(29)28(33)30(15-16-37-19-20-11-7-6-8-12-20)14-9-13-23(31)26(32)21-17-24(34-2)27(36-4)25(18-21)35-3/h6-8,11-12,17-18,22H,5,9-10,13-16,19,29H2,1-4H3. The fraction of sp³-hybridized carbons (Fsp3) is 0.464. The van der Waals surface area contributed by atoms with Crippen molar-refractivity contribution < 1.29 is 33.3 Å². The first-order valence-corrected chi connectivity index (χ1v) is 12.4. The molecule has 0 aromatic heterocycles. The SMILES string of the molecule is CCCC(N)C(=O)N(CCCC(=O)C(=O)c1cc(OC)c(OC)c(OC)c1)CCOCc1ccccc1. The van der Waals surface area contributed by atoms with E-state index >= 15 is 0 Å². The van der Waals surface area contributed by atoms with Gasteiger partial charge in [0.15, 0.2) is 11.5 Å². The van der Waals surface area contributed by atoms with Gasteiger partial charge in [0.2, 0.25) is 23.2 Å². The van der Waals surface area contributed by atoms with Gasteiger partial charge in [-0.25, -0.2) is 0 Å². The number of methoxy groups -OCH3 is 3. The molecule has 9 nitrogen and oxygen atoms in total. The summed E-state index contributed by atoms with van der Waals surface area (Å²) in [6, 6.07) is 12.0. The van der Waals surface area contributed by atoms with Crippen LogP contribution in [-0.2, 0) is 20.9 Å². The lowest BCUT2D eigenvalue weighted by atomic mass is 10.0. The molecule has 0 heterocycles. The highest BCUT2D eigenvalue weighted by molar-refractivity contribution is 6.43. The number of nitrogens with two attached hydrogens (primary N) is 1. The number of ketones is 2. The van der Waals surface area contributed by atoms with Gasteiger partial charge >= 0.3 is 0 Å². The molecule has 1 atom stereocenters. The summed E-state index contributed by atoms with van der Waals surface area (Å²) >= 11 is 0. The van der Waals surface area contributed by atoms with E-state index in [1.54, 1.807) is 4.90 Å². The van der Waals surface area contributed by atoms with Crippen LogP contribution >= 0.6 is 0 Å². The van der Waals surface area contributed by atoms with E-state index in [9.17, 15) is 14.4 Å². The number of rotatable bonds is 17. The highest BCUT2D eigenvalue weighted by atomic mass is 16.5. The fourth-order valence-electron chi connectivity index (χ4n) is 3.86. The summed E-state index contributed by atoms with van der Waals surface area (Å²) in [5.74, 6) is -0.508. The molecule has 2 aromatic carbocycles. The second-order valence-electron chi connectivity index (χ2n) is 8.53. The van der Waals surface area contributed by atoms with E-state index in [4.69, 9.17) is 24.7 Å². The first-order valence-electron chi connectivity index (χ1n) is 12.4. The number of carbonyl (C=O) groups is 3. The van der Waals surface area contributed by atoms with Gasteiger partial charge in [-0.1, -0.05) is 43.7 Å². The molecule has 0 radical (unpaired) electrons. The zero-order valence-electron chi connectivity index (χ0n) is 22.2. The molecule has 0 aliphatic rings. The third-order valence-corrected chi connectivity index (χ3v) is 5.86. The van der Waals surface area contributed by atoms with Crippen LogP contribution in [0.3, 0.4) is 0 Å². The summed E-state index contributed by atoms with van der Waals surface area (Å²) in [5, 5.41) is 0. The molecule has 202 valence electrons. The van der Waals surface area contributed by atoms with E-state index in [0.29, 0.717) is 44.9 Å². The topological polar surface area (TPSA) is 117 Å². The van der Waals surface area contributed by atoms with E-state index in [1.165, 1.54) is 33.5 Å². The van der Waals surface area contributed by atoms with E-state index in [-0.39, 0.29) is 29.4 Å². The van der Waals surface area contributed by atoms with Crippen molar-refractivity contribution in [1.29, 1.82) is 0 Å². The Balaban J connectivity index is 1.98. The third kappa shape index (κ3) is 8.87. The molecule has 1 unspecified atom stereocenters. The monoisotopic (exact) mass is 514 g/mol. The van der Waals surface area contributed by atoms with Crippen molar-refractivity contribution in [3.8, 4) is 17.2 Å². The molecule has 37 heavy (non-hydrogen) atoms. The third-order valence-electron chi connectivity index (χ3n) is 5.86. The van der Waals surface area contributed by atoms with Crippen LogP contribution in [0.25, 0.3) is 0 Å². The van der Waals surface area contributed by atoms with Crippen molar-refractivity contribution in [2.75, 3.05) is 41.0 Å². The summed E-state index contributed by atoms with van der Waals surface area (Å²) in [7, 11) is 4.33. The number of hydrogen-bond acceptors (Lipinski definition) is 8. The largest absolute Gasteiger partial charge is 0.493 e. The van der Waals surface area contributed by atoms with Gasteiger partial charge in [-0.3, -0.25) is 14.4 Å². The molecule has 2 rings (SSSR count). The van der Waals surface area contributed by atoms with Crippen LogP contribution in [0.1, 0.15) is 48.5 Å². The fourth-order valence-corrected chi connectivity index (χ4v) is 3.86. The minimum absolute atomic E-state index is 0.0207. The van der Waals surface area contributed by atoms with Gasteiger partial charge in [0.05, 0.1) is 40.6 Å². The van der Waals surface area contributed by atoms with Gasteiger partial charge in [-0.05, 0) is 30.5 Å². The van der Waals surface area contributed by atoms with Crippen molar-refractivity contribution in [2.45, 2.75) is 45.3 Å². The molecular formula is C28H38N2O7. The molecule has 9 heteroatoms. The number of Topliss-reactive ketones (excluding diaryl/α,β-unsaturated/α-hetero) is 2. The Kier molecular flexibility index (Phi) is 12.6. The summed E-state index contributed by atoms with van der Waals surface area (Å²) in [4.78, 5) is 40.0. The maximum atomic E-state index is 12.9. The smallest absolute Gasteiger partial charge is 0.239 e. The van der Waals surface area contributed by atoms with Crippen LogP contribution in [-0.4, -0.2) is 69.4 Å². The van der Waals surface area contributed by atoms with Crippen molar-refractivity contribution in [2.24, 2.45) is 5.73 Å². The molecule has 0 saturated heterocycles. The molecule has 1 amide bonds. The number of nitrogens with zero attached hydrogens (tertiary/aromatic N) is 1. The van der Waals surface area contributed by atoms with E-state index in [2.05, 4.69) is 0 Å². The molecule has 2 N–H and O–H groups in total. The first-order chi connectivity index (χ1) is 17.9. The van der Waals surface area contributed by atoms with Crippen molar-refractivity contribution in [1.82, 2.24) is 4.90 Å². The highest BCUT2D eigenvalue weighted by Crippen LogP contribution is 2.38. The Labute approximate surface area is 218 Å². The minimum Gasteiger partial charge on any atom is -0.493 e. The molecule has 0 aliphatic carbocycles. The van der Waals surface area contributed by atoms with Gasteiger partial charge in [-0.15, -0.1) is 0 Å². The summed E-state index contributed by atoms with van der Waals surface area (Å²) in [6.45, 7) is 3.37. The van der Waals surface area contributed by atoms with Crippen LogP contribution in [0.5, 0.6) is 17.2 Å². The second kappa shape index (κ2) is 15.6. The predicted octanol–water partition coefficient (Wildman–Crippen LogP) is 3.42. The van der Waals surface area contributed by atoms with Gasteiger partial charge in [-0.2, -0.15) is 0 Å². The summed E-state index contributed by atoms with van der Waals surface area (Å²) in [6.07, 6.45) is 1.65. The van der Waals surface area contributed by atoms with Crippen molar-refractivity contribution >= 4 is 17.5 Å². The number of benzene rings is 2. The van der Waals surface area contributed by atoms with Crippen LogP contribution < -0.4 is 19.9 Å². The highest BCUT2D eigenvalue weighted by Gasteiger charge is 2.23. The van der Waals surface area contributed by atoms with Gasteiger partial charge in [0.1, 0.15) is 0 Å². The molecule has 0 fully saturated rings. The number of ether oxygens (including phenoxy) is 4. The van der Waals surface area contributed by atoms with Gasteiger partial charge in [0, 0.05) is 25.1 Å². The lowest BCUT2D eigenvalue weighted by molar-refractivity contribution is -0.134. The molecule has 2 aromatic rings. The Morgan fingerprint density at radius 3 is 2.16 bits per heavy atom. The normalized spacial score (nSPS) is 11.5. The quantitative estimate of drug-likeness (QED) is 0.194. The maximum Gasteiger partial charge on any atom is 0.239 e. The number of carbonyl (C=O) groups excluding carboxylic acids is 3. The maximum absolute atomic E-state index is 12.9. The Morgan fingerprint density at radius 1 is 0.946 bits per heavy atom. The van der Waals surface area contributed by atoms with E-state index in [1.807, 2.05) is 37.3 Å². The second-order valence-corrected chi connectivity index (χ2v) is 8.53. The van der Waals surface area contributed by atoms with Gasteiger partial charge in [0.25, 0.3) is 0 Å². The van der Waals surface area contributed by atoms with Crippen molar-refractivity contribution in [3.63, 3.8) is 0 Å². The number of hydrogen-bond donors (Lipinski definition) is 1. The van der Waals surface area contributed by atoms with Crippen LogP contribution in [0, 0.1) is 0 Å². The molecule has 0 bridgehead atoms. The Bertz CT molecular complexity index is 1000. The Morgan fingerprint density at radius 2 is 1.59 bits per heavy atom. The molecule has 0 saturated carbocycles. The van der Waals surface area contributed by atoms with E-state index in [0.717, 1.165) is 12.0 Å². The first kappa shape index (κ1) is 29.8. The molecule has 0 spiro atoms. The van der Waals surface area contributed by atoms with Crippen LogP contribution in [0.4, 0.5) is 0 Å². The Hall–Kier alpha value is -3.43. The summed E-state index contributed by atoms with van der Waals surface area (Å²) in [5.41, 5.74) is 7.26. The average molecular weight is 515 g/mol.